The van der Waals surface area contributed by atoms with Crippen LogP contribution in [0.5, 0.6) is 5.75 Å². The van der Waals surface area contributed by atoms with Crippen molar-refractivity contribution in [2.45, 2.75) is 59.0 Å². The number of phenols is 1. The maximum atomic E-state index is 13.8. The number of anilines is 1. The van der Waals surface area contributed by atoms with Gasteiger partial charge in [0.2, 0.25) is 11.8 Å². The van der Waals surface area contributed by atoms with Crippen molar-refractivity contribution in [2.24, 2.45) is 23.7 Å². The number of amides is 2. The fraction of sp³-hybridized carbons (Fsp3) is 0.389. The number of fused-ring (bicyclic) bond motifs is 4. The van der Waals surface area contributed by atoms with E-state index in [-0.39, 0.29) is 35.7 Å². The van der Waals surface area contributed by atoms with Gasteiger partial charge in [0, 0.05) is 11.3 Å². The molecule has 6 rings (SSSR count). The standard InChI is InChI=1S/C36H39NO4/c1-4-10-23(19-24-16-17-31(38)27-14-9-8-13-26(24)27)15-18-32-33-28(22(2)3)20-29-34(30(33)21-41-32)36(40)37(35(29)39)25-11-6-5-7-12-25/h5-9,11-14,16-17,19,22,29-30,32,34,38H,4,10,15,18,20-21H2,1-3H3/b23-19+/t29-,30+,32-,34-/m1/s1. The number of benzene rings is 3. The van der Waals surface area contributed by atoms with Crippen molar-refractivity contribution in [1.82, 2.24) is 0 Å². The number of rotatable bonds is 8. The first kappa shape index (κ1) is 27.5. The molecule has 2 aliphatic heterocycles. The minimum absolute atomic E-state index is 0.0381. The zero-order valence-electron chi connectivity index (χ0n) is 24.2. The van der Waals surface area contributed by atoms with Crippen LogP contribution < -0.4 is 4.90 Å². The minimum Gasteiger partial charge on any atom is -0.507 e. The molecule has 0 aromatic heterocycles. The van der Waals surface area contributed by atoms with Crippen molar-refractivity contribution in [3.05, 3.63) is 89.0 Å². The zero-order chi connectivity index (χ0) is 28.7. The molecule has 212 valence electrons. The summed E-state index contributed by atoms with van der Waals surface area (Å²) in [6.45, 7) is 7.09. The van der Waals surface area contributed by atoms with E-state index in [1.54, 1.807) is 6.07 Å². The van der Waals surface area contributed by atoms with Gasteiger partial charge in [0.15, 0.2) is 0 Å². The fourth-order valence-corrected chi connectivity index (χ4v) is 7.35. The molecule has 4 atom stereocenters. The van der Waals surface area contributed by atoms with E-state index in [2.05, 4.69) is 32.9 Å². The topological polar surface area (TPSA) is 66.8 Å². The first-order valence-corrected chi connectivity index (χ1v) is 15.1. The van der Waals surface area contributed by atoms with E-state index in [1.165, 1.54) is 21.6 Å². The van der Waals surface area contributed by atoms with Gasteiger partial charge in [-0.2, -0.15) is 0 Å². The molecule has 0 bridgehead atoms. The maximum absolute atomic E-state index is 13.8. The third-order valence-corrected chi connectivity index (χ3v) is 9.25. The molecule has 0 spiro atoms. The summed E-state index contributed by atoms with van der Waals surface area (Å²) in [7, 11) is 0. The second-order valence-electron chi connectivity index (χ2n) is 12.1. The van der Waals surface area contributed by atoms with Gasteiger partial charge >= 0.3 is 0 Å². The Hall–Kier alpha value is -3.70. The Balaban J connectivity index is 1.27. The summed E-state index contributed by atoms with van der Waals surface area (Å²) in [6, 6.07) is 21.1. The Morgan fingerprint density at radius 2 is 1.68 bits per heavy atom. The largest absolute Gasteiger partial charge is 0.507 e. The van der Waals surface area contributed by atoms with Crippen molar-refractivity contribution in [1.29, 1.82) is 0 Å². The molecule has 2 saturated heterocycles. The Bertz CT molecular complexity index is 1540. The molecule has 0 unspecified atom stereocenters. The molecule has 2 amide bonds. The molecule has 2 heterocycles. The lowest BCUT2D eigenvalue weighted by Crippen LogP contribution is -2.35. The molecule has 3 aromatic rings. The van der Waals surface area contributed by atoms with Crippen molar-refractivity contribution >= 4 is 34.4 Å². The van der Waals surface area contributed by atoms with Gasteiger partial charge < -0.3 is 9.84 Å². The van der Waals surface area contributed by atoms with Crippen LogP contribution >= 0.6 is 0 Å². The van der Waals surface area contributed by atoms with Crippen LogP contribution in [-0.4, -0.2) is 29.6 Å². The quantitative estimate of drug-likeness (QED) is 0.231. The fourth-order valence-electron chi connectivity index (χ4n) is 7.35. The van der Waals surface area contributed by atoms with Crippen LogP contribution in [0.2, 0.25) is 0 Å². The summed E-state index contributed by atoms with van der Waals surface area (Å²) >= 11 is 0. The number of carbonyl (C=O) groups excluding carboxylic acids is 2. The maximum Gasteiger partial charge on any atom is 0.238 e. The van der Waals surface area contributed by atoms with Crippen LogP contribution in [0.4, 0.5) is 5.69 Å². The molecule has 2 fully saturated rings. The van der Waals surface area contributed by atoms with Crippen molar-refractivity contribution in [2.75, 3.05) is 11.5 Å². The normalized spacial score (nSPS) is 24.5. The summed E-state index contributed by atoms with van der Waals surface area (Å²) in [5.74, 6) is -0.252. The number of ether oxygens (including phenoxy) is 1. The average molecular weight is 550 g/mol. The Labute approximate surface area is 242 Å². The number of imide groups is 1. The number of carbonyl (C=O) groups is 2. The van der Waals surface area contributed by atoms with Crippen LogP contribution in [0, 0.1) is 23.7 Å². The van der Waals surface area contributed by atoms with Crippen LogP contribution in [0.15, 0.2) is 83.4 Å². The van der Waals surface area contributed by atoms with E-state index in [4.69, 9.17) is 4.74 Å². The van der Waals surface area contributed by atoms with E-state index < -0.39 is 0 Å². The van der Waals surface area contributed by atoms with Gasteiger partial charge in [-0.25, -0.2) is 0 Å². The van der Waals surface area contributed by atoms with Crippen molar-refractivity contribution in [3.8, 4) is 5.75 Å². The first-order valence-electron chi connectivity index (χ1n) is 15.1. The van der Waals surface area contributed by atoms with E-state index in [9.17, 15) is 14.7 Å². The first-order chi connectivity index (χ1) is 19.9. The summed E-state index contributed by atoms with van der Waals surface area (Å²) in [5, 5.41) is 12.3. The molecular formula is C36H39NO4. The second-order valence-corrected chi connectivity index (χ2v) is 12.1. The highest BCUT2D eigenvalue weighted by Gasteiger charge is 2.57. The molecular weight excluding hydrogens is 510 g/mol. The van der Waals surface area contributed by atoms with Gasteiger partial charge in [0.1, 0.15) is 5.75 Å². The number of phenolic OH excluding ortho intramolecular Hbond substituents is 1. The summed E-state index contributed by atoms with van der Waals surface area (Å²) in [4.78, 5) is 28.8. The molecule has 0 radical (unpaired) electrons. The van der Waals surface area contributed by atoms with Crippen LogP contribution in [-0.2, 0) is 14.3 Å². The van der Waals surface area contributed by atoms with E-state index in [0.29, 0.717) is 30.4 Å². The SMILES string of the molecule is CCC/C(=C\c1ccc(O)c2ccccc12)CC[C@H]1OC[C@H]2C1=C(C(C)C)C[C@H]1C(=O)N(c3ccccc3)C(=O)[C@H]12. The van der Waals surface area contributed by atoms with E-state index in [1.807, 2.05) is 54.6 Å². The number of hydrogen-bond donors (Lipinski definition) is 1. The molecule has 3 aliphatic rings. The van der Waals surface area contributed by atoms with Gasteiger partial charge in [0.05, 0.1) is 30.2 Å². The van der Waals surface area contributed by atoms with Crippen molar-refractivity contribution in [3.63, 3.8) is 0 Å². The number of nitrogens with zero attached hydrogens (tertiary/aromatic N) is 1. The number of aromatic hydroxyl groups is 1. The summed E-state index contributed by atoms with van der Waals surface area (Å²) < 4.78 is 6.48. The molecule has 3 aromatic carbocycles. The van der Waals surface area contributed by atoms with Crippen molar-refractivity contribution < 1.29 is 19.4 Å². The molecule has 1 aliphatic carbocycles. The molecule has 41 heavy (non-hydrogen) atoms. The average Bonchev–Trinajstić information content (AvgIpc) is 3.51. The highest BCUT2D eigenvalue weighted by atomic mass is 16.5. The van der Waals surface area contributed by atoms with Gasteiger partial charge in [-0.05, 0) is 66.3 Å². The predicted octanol–water partition coefficient (Wildman–Crippen LogP) is 7.69. The monoisotopic (exact) mass is 549 g/mol. The number of allylic oxidation sites excluding steroid dienone is 2. The van der Waals surface area contributed by atoms with Gasteiger partial charge in [-0.15, -0.1) is 0 Å². The second kappa shape index (κ2) is 11.3. The van der Waals surface area contributed by atoms with E-state index in [0.717, 1.165) is 42.0 Å². The smallest absolute Gasteiger partial charge is 0.238 e. The lowest BCUT2D eigenvalue weighted by atomic mass is 9.67. The lowest BCUT2D eigenvalue weighted by Gasteiger charge is -2.33. The Morgan fingerprint density at radius 3 is 2.41 bits per heavy atom. The number of hydrogen-bond acceptors (Lipinski definition) is 4. The third kappa shape index (κ3) is 4.91. The van der Waals surface area contributed by atoms with Crippen LogP contribution in [0.25, 0.3) is 16.8 Å². The van der Waals surface area contributed by atoms with Gasteiger partial charge in [0.25, 0.3) is 0 Å². The van der Waals surface area contributed by atoms with Crippen LogP contribution in [0.3, 0.4) is 0 Å². The third-order valence-electron chi connectivity index (χ3n) is 9.25. The lowest BCUT2D eigenvalue weighted by molar-refractivity contribution is -0.122. The summed E-state index contributed by atoms with van der Waals surface area (Å²) in [6.07, 6.45) is 6.67. The van der Waals surface area contributed by atoms with Gasteiger partial charge in [-0.3, -0.25) is 14.5 Å². The minimum atomic E-state index is -0.348. The summed E-state index contributed by atoms with van der Waals surface area (Å²) in [5.41, 5.74) is 5.73. The van der Waals surface area contributed by atoms with Crippen LogP contribution in [0.1, 0.15) is 58.4 Å². The predicted molar refractivity (Wildman–Crippen MR) is 163 cm³/mol. The molecule has 5 heteroatoms. The highest BCUT2D eigenvalue weighted by molar-refractivity contribution is 6.22. The zero-order valence-corrected chi connectivity index (χ0v) is 24.2. The highest BCUT2D eigenvalue weighted by Crippen LogP contribution is 2.52. The Morgan fingerprint density at radius 1 is 0.951 bits per heavy atom. The van der Waals surface area contributed by atoms with E-state index >= 15 is 0 Å². The number of para-hydroxylation sites is 1. The molecule has 1 N–H and O–H groups in total. The molecule has 5 nitrogen and oxygen atoms in total. The van der Waals surface area contributed by atoms with Gasteiger partial charge in [-0.1, -0.05) is 92.9 Å². The molecule has 0 saturated carbocycles. The Kier molecular flexibility index (Phi) is 7.56.